The zero-order valence-corrected chi connectivity index (χ0v) is 19.9. The van der Waals surface area contributed by atoms with E-state index in [2.05, 4.69) is 5.10 Å². The van der Waals surface area contributed by atoms with Gasteiger partial charge in [0.05, 0.1) is 16.6 Å². The van der Waals surface area contributed by atoms with Gasteiger partial charge in [-0.05, 0) is 49.6 Å². The van der Waals surface area contributed by atoms with Crippen molar-refractivity contribution in [2.75, 3.05) is 0 Å². The van der Waals surface area contributed by atoms with Crippen LogP contribution >= 0.6 is 46.6 Å². The van der Waals surface area contributed by atoms with Crippen LogP contribution in [0.2, 0.25) is 10.0 Å². The third-order valence-corrected chi connectivity index (χ3v) is 6.49. The third-order valence-electron chi connectivity index (χ3n) is 4.45. The number of aromatic nitrogens is 2. The summed E-state index contributed by atoms with van der Waals surface area (Å²) < 4.78 is 1.41. The Kier molecular flexibility index (Phi) is 7.35. The molecule has 3 rings (SSSR count). The van der Waals surface area contributed by atoms with Gasteiger partial charge in [-0.15, -0.1) is 11.8 Å². The monoisotopic (exact) mass is 478 g/mol. The lowest BCUT2D eigenvalue weighted by molar-refractivity contribution is 0.336. The van der Waals surface area contributed by atoms with Crippen LogP contribution < -0.4 is 5.56 Å². The first kappa shape index (κ1) is 23.0. The molecule has 0 aliphatic rings. The fourth-order valence-electron chi connectivity index (χ4n) is 2.86. The lowest BCUT2D eigenvalue weighted by Gasteiger charge is -2.21. The molecule has 3 nitrogen and oxygen atoms in total. The summed E-state index contributed by atoms with van der Waals surface area (Å²) >= 11 is 19.9. The lowest BCUT2D eigenvalue weighted by atomic mass is 9.99. The predicted octanol–water partition coefficient (Wildman–Crippen LogP) is 7.23. The van der Waals surface area contributed by atoms with Crippen LogP contribution in [0.1, 0.15) is 37.5 Å². The number of hydrogen-bond acceptors (Lipinski definition) is 3. The highest BCUT2D eigenvalue weighted by molar-refractivity contribution is 7.98. The number of benzene rings is 2. The number of halogens is 3. The maximum atomic E-state index is 12.5. The summed E-state index contributed by atoms with van der Waals surface area (Å²) in [6.07, 6.45) is 1.66. The maximum Gasteiger partial charge on any atom is 0.287 e. The van der Waals surface area contributed by atoms with Crippen LogP contribution in [0.4, 0.5) is 0 Å². The Bertz CT molecular complexity index is 1120. The summed E-state index contributed by atoms with van der Waals surface area (Å²) in [4.78, 5) is 13.2. The van der Waals surface area contributed by atoms with Crippen molar-refractivity contribution in [2.24, 2.45) is 0 Å². The van der Waals surface area contributed by atoms with Crippen molar-refractivity contribution in [1.82, 2.24) is 9.78 Å². The fraction of sp³-hybridized carbons (Fsp3) is 0.217. The summed E-state index contributed by atoms with van der Waals surface area (Å²) in [7, 11) is 0. The number of nitrogens with zero attached hydrogens (tertiary/aromatic N) is 2. The molecule has 0 atom stereocenters. The van der Waals surface area contributed by atoms with Crippen LogP contribution in [0.15, 0.2) is 70.0 Å². The van der Waals surface area contributed by atoms with E-state index in [1.165, 1.54) is 16.4 Å². The van der Waals surface area contributed by atoms with Crippen LogP contribution in [0.25, 0.3) is 5.57 Å². The number of thioether (sulfide) groups is 1. The predicted molar refractivity (Wildman–Crippen MR) is 129 cm³/mol. The molecule has 2 aromatic carbocycles. The van der Waals surface area contributed by atoms with Gasteiger partial charge in [-0.2, -0.15) is 5.10 Å². The Morgan fingerprint density at radius 1 is 1.03 bits per heavy atom. The highest BCUT2D eigenvalue weighted by Crippen LogP contribution is 2.29. The highest BCUT2D eigenvalue weighted by atomic mass is 35.5. The molecule has 0 bridgehead atoms. The molecule has 0 fully saturated rings. The standard InChI is InChI=1S/C23H21Cl3N2OS/c1-23(2,3)28-22(29)21(26)20(13-27-28)30-14-15-4-6-16(7-5-15)19(12-24)17-8-10-18(25)11-9-17/h4-13H,14H2,1-3H3/b19-12-. The Morgan fingerprint density at radius 3 is 2.13 bits per heavy atom. The summed E-state index contributed by atoms with van der Waals surface area (Å²) in [5.74, 6) is 0.668. The molecule has 30 heavy (non-hydrogen) atoms. The van der Waals surface area contributed by atoms with Crippen LogP contribution in [-0.2, 0) is 11.3 Å². The minimum absolute atomic E-state index is 0.205. The minimum atomic E-state index is -0.419. The molecule has 0 radical (unpaired) electrons. The van der Waals surface area contributed by atoms with Crippen molar-refractivity contribution < 1.29 is 0 Å². The summed E-state index contributed by atoms with van der Waals surface area (Å²) in [5, 5.41) is 5.17. The van der Waals surface area contributed by atoms with Crippen LogP contribution in [-0.4, -0.2) is 9.78 Å². The molecule has 0 saturated carbocycles. The molecule has 0 N–H and O–H groups in total. The van der Waals surface area contributed by atoms with Crippen LogP contribution in [0.3, 0.4) is 0 Å². The van der Waals surface area contributed by atoms with E-state index in [-0.39, 0.29) is 10.6 Å². The van der Waals surface area contributed by atoms with E-state index in [1.807, 2.05) is 69.3 Å². The Balaban J connectivity index is 1.74. The van der Waals surface area contributed by atoms with Crippen molar-refractivity contribution in [2.45, 2.75) is 37.0 Å². The number of rotatable bonds is 5. The zero-order valence-electron chi connectivity index (χ0n) is 16.8. The van der Waals surface area contributed by atoms with Crippen molar-refractivity contribution in [3.8, 4) is 0 Å². The van der Waals surface area contributed by atoms with E-state index in [0.29, 0.717) is 15.7 Å². The largest absolute Gasteiger partial charge is 0.287 e. The normalized spacial score (nSPS) is 12.3. The van der Waals surface area contributed by atoms with Crippen molar-refractivity contribution >= 4 is 52.1 Å². The smallest absolute Gasteiger partial charge is 0.266 e. The quantitative estimate of drug-likeness (QED) is 0.362. The second-order valence-corrected chi connectivity index (χ2v) is 9.78. The Labute approximate surface area is 195 Å². The molecule has 0 amide bonds. The SMILES string of the molecule is CC(C)(C)n1ncc(SCc2ccc(/C(=C/Cl)c3ccc(Cl)cc3)cc2)c(Cl)c1=O. The van der Waals surface area contributed by atoms with Gasteiger partial charge in [0.2, 0.25) is 0 Å². The molecule has 0 aliphatic heterocycles. The second-order valence-electron chi connectivity index (χ2n) is 7.73. The lowest BCUT2D eigenvalue weighted by Crippen LogP contribution is -2.36. The van der Waals surface area contributed by atoms with Crippen molar-refractivity contribution in [3.05, 3.63) is 97.4 Å². The average Bonchev–Trinajstić information content (AvgIpc) is 2.71. The molecule has 1 heterocycles. The molecule has 0 aliphatic carbocycles. The fourth-order valence-corrected chi connectivity index (χ4v) is 4.38. The molecule has 156 valence electrons. The van der Waals surface area contributed by atoms with E-state index in [9.17, 15) is 4.79 Å². The third kappa shape index (κ3) is 5.30. The summed E-state index contributed by atoms with van der Waals surface area (Å²) in [5.41, 5.74) is 4.90. The van der Waals surface area contributed by atoms with Crippen molar-refractivity contribution in [3.63, 3.8) is 0 Å². The van der Waals surface area contributed by atoms with E-state index >= 15 is 0 Å². The van der Waals surface area contributed by atoms with Crippen LogP contribution in [0, 0.1) is 0 Å². The zero-order chi connectivity index (χ0) is 21.9. The number of hydrogen-bond donors (Lipinski definition) is 0. The van der Waals surface area contributed by atoms with Crippen LogP contribution in [0.5, 0.6) is 0 Å². The van der Waals surface area contributed by atoms with Gasteiger partial charge in [-0.1, -0.05) is 71.2 Å². The Hall–Kier alpha value is -1.72. The molecule has 0 unspecified atom stereocenters. The highest BCUT2D eigenvalue weighted by Gasteiger charge is 2.19. The molecular weight excluding hydrogens is 459 g/mol. The van der Waals surface area contributed by atoms with E-state index < -0.39 is 5.54 Å². The second kappa shape index (κ2) is 9.61. The molecular formula is C23H21Cl3N2OS. The molecule has 3 aromatic rings. The van der Waals surface area contributed by atoms with Gasteiger partial charge in [-0.25, -0.2) is 4.68 Å². The van der Waals surface area contributed by atoms with Gasteiger partial charge in [-0.3, -0.25) is 4.79 Å². The minimum Gasteiger partial charge on any atom is -0.266 e. The van der Waals surface area contributed by atoms with Gasteiger partial charge >= 0.3 is 0 Å². The molecule has 7 heteroatoms. The first-order valence-corrected chi connectivity index (χ1v) is 11.5. The molecule has 0 spiro atoms. The van der Waals surface area contributed by atoms with E-state index in [0.717, 1.165) is 22.3 Å². The van der Waals surface area contributed by atoms with Gasteiger partial charge in [0, 0.05) is 21.9 Å². The van der Waals surface area contributed by atoms with E-state index in [4.69, 9.17) is 34.8 Å². The average molecular weight is 480 g/mol. The van der Waals surface area contributed by atoms with E-state index in [1.54, 1.807) is 11.7 Å². The molecule has 1 aromatic heterocycles. The first-order valence-electron chi connectivity index (χ1n) is 9.27. The molecule has 0 saturated heterocycles. The Morgan fingerprint density at radius 2 is 1.60 bits per heavy atom. The van der Waals surface area contributed by atoms with Gasteiger partial charge in [0.15, 0.2) is 0 Å². The maximum absolute atomic E-state index is 12.5. The first-order chi connectivity index (χ1) is 14.2. The van der Waals surface area contributed by atoms with Gasteiger partial charge in [0.25, 0.3) is 5.56 Å². The van der Waals surface area contributed by atoms with Gasteiger partial charge < -0.3 is 0 Å². The summed E-state index contributed by atoms with van der Waals surface area (Å²) in [6, 6.07) is 15.7. The summed E-state index contributed by atoms with van der Waals surface area (Å²) in [6.45, 7) is 5.75. The van der Waals surface area contributed by atoms with Gasteiger partial charge in [0.1, 0.15) is 5.02 Å². The van der Waals surface area contributed by atoms with Crippen molar-refractivity contribution in [1.29, 1.82) is 0 Å². The topological polar surface area (TPSA) is 34.9 Å².